The number of aliphatic hydroxyl groups is 1. The molecule has 1 aromatic carbocycles. The number of fused-ring (bicyclic) bond motifs is 2. The lowest BCUT2D eigenvalue weighted by Crippen LogP contribution is -2.42. The zero-order valence-electron chi connectivity index (χ0n) is 25.2. The van der Waals surface area contributed by atoms with Gasteiger partial charge < -0.3 is 25.2 Å². The molecule has 2 atom stereocenters. The number of benzene rings is 1. The summed E-state index contributed by atoms with van der Waals surface area (Å²) in [6.45, 7) is 10.4. The van der Waals surface area contributed by atoms with Crippen LogP contribution in [0.25, 0.3) is 21.3 Å². The molecule has 0 aliphatic carbocycles. The number of aromatic nitrogens is 3. The molecule has 6 rings (SSSR count). The van der Waals surface area contributed by atoms with Gasteiger partial charge in [0.15, 0.2) is 0 Å². The normalized spacial score (nSPS) is 19.5. The second kappa shape index (κ2) is 12.4. The molecule has 11 nitrogen and oxygen atoms in total. The number of nitrogens with zero attached hydrogens (tertiary/aromatic N) is 5. The van der Waals surface area contributed by atoms with Gasteiger partial charge in [-0.3, -0.25) is 14.6 Å². The molecule has 5 heterocycles. The van der Waals surface area contributed by atoms with Crippen molar-refractivity contribution >= 4 is 33.7 Å². The van der Waals surface area contributed by atoms with Gasteiger partial charge in [0, 0.05) is 52.5 Å². The Morgan fingerprint density at radius 1 is 1.27 bits per heavy atom. The maximum absolute atomic E-state index is 12.9. The number of nitrogens with one attached hydrogen (secondary N) is 1. The zero-order chi connectivity index (χ0) is 31.6. The molecule has 230 valence electrons. The van der Waals surface area contributed by atoms with E-state index in [1.165, 1.54) is 4.68 Å². The lowest BCUT2D eigenvalue weighted by Gasteiger charge is -2.38. The van der Waals surface area contributed by atoms with Crippen LogP contribution in [0.15, 0.2) is 47.5 Å². The fourth-order valence-corrected chi connectivity index (χ4v) is 6.90. The van der Waals surface area contributed by atoms with Crippen molar-refractivity contribution < 1.29 is 19.7 Å². The topological polar surface area (TPSA) is 154 Å². The standard InChI is InChI=1S/C31H34N6O3S.CH2O2/c1-30(2,3)20-11-27(39)37(35-15-20)17-22-12-25-29(41-22)23(5-6-33-25)24-9-19(14-32)10-26-28(24)36(7-8-40-26)21-13-31(4,18-38)34-16-21;2-1-3/h5-6,9-12,15,21,34,38H,7-8,13,16-18H2,1-4H3;1H,(H,2,3)/t21-,31+;/m0./s1. The molecule has 1 fully saturated rings. The second-order valence-electron chi connectivity index (χ2n) is 12.4. The minimum absolute atomic E-state index is 0.0702. The quantitative estimate of drug-likeness (QED) is 0.283. The molecular weight excluding hydrogens is 580 g/mol. The molecule has 3 N–H and O–H groups in total. The molecule has 0 spiro atoms. The van der Waals surface area contributed by atoms with Crippen LogP contribution in [0.4, 0.5) is 5.69 Å². The van der Waals surface area contributed by atoms with Gasteiger partial charge in [0.2, 0.25) is 0 Å². The van der Waals surface area contributed by atoms with Crippen molar-refractivity contribution in [3.8, 4) is 22.9 Å². The number of pyridine rings is 1. The molecule has 2 aliphatic heterocycles. The highest BCUT2D eigenvalue weighted by Gasteiger charge is 2.39. The fraction of sp³-hybridized carbons (Fsp3) is 0.406. The van der Waals surface area contributed by atoms with Crippen LogP contribution in [0.3, 0.4) is 0 Å². The summed E-state index contributed by atoms with van der Waals surface area (Å²) in [5, 5.41) is 34.6. The Labute approximate surface area is 259 Å². The molecule has 1 saturated heterocycles. The van der Waals surface area contributed by atoms with E-state index in [0.717, 1.165) is 50.4 Å². The molecule has 0 radical (unpaired) electrons. The van der Waals surface area contributed by atoms with E-state index in [1.54, 1.807) is 29.8 Å². The Hall–Kier alpha value is -4.31. The maximum Gasteiger partial charge on any atom is 0.290 e. The minimum Gasteiger partial charge on any atom is -0.489 e. The van der Waals surface area contributed by atoms with Crippen LogP contribution < -0.4 is 20.5 Å². The first-order valence-electron chi connectivity index (χ1n) is 14.4. The van der Waals surface area contributed by atoms with E-state index in [2.05, 4.69) is 47.1 Å². The fourth-order valence-electron chi connectivity index (χ4n) is 5.77. The highest BCUT2D eigenvalue weighted by atomic mass is 32.1. The van der Waals surface area contributed by atoms with Gasteiger partial charge in [-0.05, 0) is 42.5 Å². The highest BCUT2D eigenvalue weighted by molar-refractivity contribution is 7.19. The Morgan fingerprint density at radius 3 is 2.70 bits per heavy atom. The van der Waals surface area contributed by atoms with Gasteiger partial charge in [0.05, 0.1) is 53.4 Å². The average Bonchev–Trinajstić information content (AvgIpc) is 3.60. The van der Waals surface area contributed by atoms with Gasteiger partial charge in [0.1, 0.15) is 12.4 Å². The Morgan fingerprint density at radius 2 is 2.05 bits per heavy atom. The van der Waals surface area contributed by atoms with Crippen LogP contribution in [-0.2, 0) is 16.8 Å². The Kier molecular flexibility index (Phi) is 8.74. The van der Waals surface area contributed by atoms with Crippen LogP contribution in [-0.4, -0.2) is 69.3 Å². The number of carbonyl (C=O) groups is 1. The van der Waals surface area contributed by atoms with Crippen molar-refractivity contribution in [1.29, 1.82) is 5.26 Å². The minimum atomic E-state index is -0.334. The van der Waals surface area contributed by atoms with Crippen LogP contribution in [0, 0.1) is 11.3 Å². The Balaban J connectivity index is 0.00000123. The summed E-state index contributed by atoms with van der Waals surface area (Å²) in [6, 6.07) is 11.9. The summed E-state index contributed by atoms with van der Waals surface area (Å²) >= 11 is 1.58. The second-order valence-corrected chi connectivity index (χ2v) is 13.5. The van der Waals surface area contributed by atoms with Crippen LogP contribution in [0.2, 0.25) is 0 Å². The van der Waals surface area contributed by atoms with Crippen molar-refractivity contribution in [3.63, 3.8) is 0 Å². The monoisotopic (exact) mass is 616 g/mol. The van der Waals surface area contributed by atoms with Crippen molar-refractivity contribution in [1.82, 2.24) is 20.1 Å². The maximum atomic E-state index is 12.9. The summed E-state index contributed by atoms with van der Waals surface area (Å²) in [5.41, 5.74) is 4.50. The number of hydrogen-bond donors (Lipinski definition) is 3. The lowest BCUT2D eigenvalue weighted by atomic mass is 9.89. The molecule has 4 aromatic rings. The van der Waals surface area contributed by atoms with E-state index in [-0.39, 0.29) is 35.6 Å². The van der Waals surface area contributed by atoms with E-state index >= 15 is 0 Å². The van der Waals surface area contributed by atoms with Crippen molar-refractivity contribution in [2.24, 2.45) is 0 Å². The van der Waals surface area contributed by atoms with Gasteiger partial charge in [-0.15, -0.1) is 11.3 Å². The molecule has 44 heavy (non-hydrogen) atoms. The molecule has 0 unspecified atom stereocenters. The molecular formula is C32H36N6O5S. The van der Waals surface area contributed by atoms with Gasteiger partial charge >= 0.3 is 0 Å². The van der Waals surface area contributed by atoms with Gasteiger partial charge in [-0.2, -0.15) is 10.4 Å². The van der Waals surface area contributed by atoms with Crippen molar-refractivity contribution in [3.05, 3.63) is 69.1 Å². The van der Waals surface area contributed by atoms with Crippen LogP contribution in [0.5, 0.6) is 5.75 Å². The summed E-state index contributed by atoms with van der Waals surface area (Å²) in [6.07, 6.45) is 4.36. The van der Waals surface area contributed by atoms with Gasteiger partial charge in [-0.1, -0.05) is 20.8 Å². The number of aliphatic hydroxyl groups excluding tert-OH is 1. The largest absolute Gasteiger partial charge is 0.489 e. The third kappa shape index (κ3) is 6.17. The van der Waals surface area contributed by atoms with Crippen LogP contribution >= 0.6 is 11.3 Å². The molecule has 0 amide bonds. The first kappa shape index (κ1) is 31.1. The summed E-state index contributed by atoms with van der Waals surface area (Å²) in [5.74, 6) is 0.694. The van der Waals surface area contributed by atoms with E-state index in [4.69, 9.17) is 14.6 Å². The number of thiophene rings is 1. The first-order valence-corrected chi connectivity index (χ1v) is 15.2. The number of ether oxygens (including phenoxy) is 1. The number of anilines is 1. The van der Waals surface area contributed by atoms with E-state index in [0.29, 0.717) is 31.0 Å². The number of nitriles is 1. The average molecular weight is 617 g/mol. The van der Waals surface area contributed by atoms with Crippen molar-refractivity contribution in [2.75, 3.05) is 31.2 Å². The van der Waals surface area contributed by atoms with E-state index < -0.39 is 0 Å². The molecule has 3 aromatic heterocycles. The highest BCUT2D eigenvalue weighted by Crippen LogP contribution is 2.46. The van der Waals surface area contributed by atoms with E-state index in [9.17, 15) is 15.2 Å². The summed E-state index contributed by atoms with van der Waals surface area (Å²) in [7, 11) is 0. The SMILES string of the molecule is CC(C)(C)c1cnn(Cc2cc3nccc(-c4cc(C#N)cc5c4N([C@@H]4CN[C@@](C)(CO)C4)CCO5)c3s2)c(=O)c1.O=CO. The van der Waals surface area contributed by atoms with Crippen LogP contribution in [0.1, 0.15) is 50.1 Å². The summed E-state index contributed by atoms with van der Waals surface area (Å²) < 4.78 is 8.58. The predicted molar refractivity (Wildman–Crippen MR) is 170 cm³/mol. The van der Waals surface area contributed by atoms with Gasteiger partial charge in [0.25, 0.3) is 12.0 Å². The third-order valence-electron chi connectivity index (χ3n) is 8.12. The number of hydrogen-bond acceptors (Lipinski definition) is 10. The lowest BCUT2D eigenvalue weighted by molar-refractivity contribution is -0.122. The number of carboxylic acid groups (broad SMARTS) is 1. The molecule has 12 heteroatoms. The molecule has 0 saturated carbocycles. The molecule has 2 aliphatic rings. The summed E-state index contributed by atoms with van der Waals surface area (Å²) in [4.78, 5) is 29.2. The molecule has 0 bridgehead atoms. The van der Waals surface area contributed by atoms with Crippen molar-refractivity contribution in [2.45, 2.75) is 57.7 Å². The predicted octanol–water partition coefficient (Wildman–Crippen LogP) is 3.75. The van der Waals surface area contributed by atoms with Gasteiger partial charge in [-0.25, -0.2) is 4.68 Å². The third-order valence-corrected chi connectivity index (χ3v) is 9.26. The number of rotatable bonds is 5. The smallest absolute Gasteiger partial charge is 0.290 e. The zero-order valence-corrected chi connectivity index (χ0v) is 26.0. The first-order chi connectivity index (χ1) is 21.0. The Bertz CT molecular complexity index is 1790. The van der Waals surface area contributed by atoms with E-state index in [1.807, 2.05) is 31.2 Å².